The molecular formula is C16H14F3N3O2. The summed E-state index contributed by atoms with van der Waals surface area (Å²) in [6.07, 6.45) is -4.72. The molecule has 0 bridgehead atoms. The Balaban J connectivity index is 2.54. The van der Waals surface area contributed by atoms with Crippen molar-refractivity contribution < 1.29 is 22.7 Å². The Morgan fingerprint density at radius 3 is 2.29 bits per heavy atom. The van der Waals surface area contributed by atoms with Crippen LogP contribution in [0.5, 0.6) is 11.5 Å². The molecule has 0 heterocycles. The number of amides is 1. The molecule has 24 heavy (non-hydrogen) atoms. The molecule has 5 nitrogen and oxygen atoms in total. The number of aliphatic imine (C=N–C) groups is 1. The van der Waals surface area contributed by atoms with E-state index in [9.17, 15) is 18.0 Å². The lowest BCUT2D eigenvalue weighted by atomic mass is 10.0. The zero-order valence-electron chi connectivity index (χ0n) is 12.6. The van der Waals surface area contributed by atoms with E-state index in [1.807, 2.05) is 0 Å². The van der Waals surface area contributed by atoms with Crippen LogP contribution in [-0.2, 0) is 6.18 Å². The Kier molecular flexibility index (Phi) is 4.77. The number of halogens is 3. The number of carbonyl (C=O) groups is 1. The standard InChI is InChI=1S/C16H14F3N3O2/c1-9-7-13(24-10-5-3-2-4-6-10)12(16(17,18)19)8-11(9)14(23)22-15(20)21/h2-8H,1H3,(H4,20,21,22,23). The molecular weight excluding hydrogens is 323 g/mol. The maximum absolute atomic E-state index is 13.3. The van der Waals surface area contributed by atoms with Gasteiger partial charge in [0.2, 0.25) is 0 Å². The van der Waals surface area contributed by atoms with Gasteiger partial charge in [-0.15, -0.1) is 0 Å². The van der Waals surface area contributed by atoms with Gasteiger partial charge in [-0.05, 0) is 36.8 Å². The minimum Gasteiger partial charge on any atom is -0.457 e. The van der Waals surface area contributed by atoms with Crippen molar-refractivity contribution in [2.75, 3.05) is 0 Å². The van der Waals surface area contributed by atoms with Crippen LogP contribution in [0.2, 0.25) is 0 Å². The molecule has 8 heteroatoms. The van der Waals surface area contributed by atoms with E-state index in [1.165, 1.54) is 19.1 Å². The molecule has 126 valence electrons. The third-order valence-corrected chi connectivity index (χ3v) is 3.06. The molecule has 0 unspecified atom stereocenters. The van der Waals surface area contributed by atoms with Gasteiger partial charge in [0, 0.05) is 5.56 Å². The van der Waals surface area contributed by atoms with Crippen molar-refractivity contribution in [2.24, 2.45) is 16.5 Å². The van der Waals surface area contributed by atoms with Gasteiger partial charge in [0.15, 0.2) is 5.96 Å². The monoisotopic (exact) mass is 337 g/mol. The van der Waals surface area contributed by atoms with Gasteiger partial charge in [0.25, 0.3) is 5.91 Å². The Labute approximate surface area is 135 Å². The summed E-state index contributed by atoms with van der Waals surface area (Å²) in [6, 6.07) is 9.83. The van der Waals surface area contributed by atoms with Crippen LogP contribution in [0.4, 0.5) is 13.2 Å². The molecule has 0 aliphatic heterocycles. The fraction of sp³-hybridized carbons (Fsp3) is 0.125. The molecule has 2 aromatic carbocycles. The zero-order chi connectivity index (χ0) is 17.9. The summed E-state index contributed by atoms with van der Waals surface area (Å²) >= 11 is 0. The number of benzene rings is 2. The fourth-order valence-corrected chi connectivity index (χ4v) is 2.01. The van der Waals surface area contributed by atoms with E-state index in [4.69, 9.17) is 16.2 Å². The molecule has 2 aromatic rings. The molecule has 0 saturated carbocycles. The molecule has 2 rings (SSSR count). The molecule has 0 saturated heterocycles. The topological polar surface area (TPSA) is 90.7 Å². The first-order valence-corrected chi connectivity index (χ1v) is 6.77. The van der Waals surface area contributed by atoms with Gasteiger partial charge in [-0.1, -0.05) is 18.2 Å². The molecule has 0 atom stereocenters. The Hall–Kier alpha value is -3.03. The van der Waals surface area contributed by atoms with E-state index in [0.29, 0.717) is 6.07 Å². The first kappa shape index (κ1) is 17.3. The van der Waals surface area contributed by atoms with Crippen molar-refractivity contribution in [3.63, 3.8) is 0 Å². The van der Waals surface area contributed by atoms with Crippen LogP contribution in [0.1, 0.15) is 21.5 Å². The average molecular weight is 337 g/mol. The molecule has 0 aromatic heterocycles. The molecule has 0 radical (unpaired) electrons. The summed E-state index contributed by atoms with van der Waals surface area (Å²) in [4.78, 5) is 15.1. The van der Waals surface area contributed by atoms with Crippen LogP contribution < -0.4 is 16.2 Å². The number of rotatable bonds is 3. The molecule has 0 fully saturated rings. The number of para-hydroxylation sites is 1. The predicted octanol–water partition coefficient (Wildman–Crippen LogP) is 3.22. The Morgan fingerprint density at radius 1 is 1.12 bits per heavy atom. The summed E-state index contributed by atoms with van der Waals surface area (Å²) in [5, 5.41) is 0. The maximum atomic E-state index is 13.3. The number of carbonyl (C=O) groups excluding carboxylic acids is 1. The van der Waals surface area contributed by atoms with Gasteiger partial charge in [-0.3, -0.25) is 4.79 Å². The maximum Gasteiger partial charge on any atom is 0.420 e. The largest absolute Gasteiger partial charge is 0.457 e. The van der Waals surface area contributed by atoms with Crippen LogP contribution in [-0.4, -0.2) is 11.9 Å². The minimum atomic E-state index is -4.72. The Bertz CT molecular complexity index is 783. The van der Waals surface area contributed by atoms with Gasteiger partial charge >= 0.3 is 6.18 Å². The van der Waals surface area contributed by atoms with Gasteiger partial charge in [-0.2, -0.15) is 18.2 Å². The van der Waals surface area contributed by atoms with Crippen molar-refractivity contribution in [1.82, 2.24) is 0 Å². The van der Waals surface area contributed by atoms with Gasteiger partial charge < -0.3 is 16.2 Å². The summed E-state index contributed by atoms with van der Waals surface area (Å²) in [5.41, 5.74) is 9.10. The number of hydrogen-bond donors (Lipinski definition) is 2. The number of nitrogens with zero attached hydrogens (tertiary/aromatic N) is 1. The van der Waals surface area contributed by atoms with Crippen molar-refractivity contribution in [3.05, 3.63) is 59.2 Å². The summed E-state index contributed by atoms with van der Waals surface area (Å²) in [5.74, 6) is -1.65. The third kappa shape index (κ3) is 4.03. The molecule has 4 N–H and O–H groups in total. The van der Waals surface area contributed by atoms with E-state index in [-0.39, 0.29) is 16.9 Å². The van der Waals surface area contributed by atoms with E-state index in [2.05, 4.69) is 4.99 Å². The molecule has 1 amide bonds. The van der Waals surface area contributed by atoms with Crippen LogP contribution in [0, 0.1) is 6.92 Å². The number of nitrogens with two attached hydrogens (primary N) is 2. The second-order valence-corrected chi connectivity index (χ2v) is 4.92. The van der Waals surface area contributed by atoms with Crippen molar-refractivity contribution in [1.29, 1.82) is 0 Å². The number of hydrogen-bond acceptors (Lipinski definition) is 2. The van der Waals surface area contributed by atoms with Crippen molar-refractivity contribution in [3.8, 4) is 11.5 Å². The number of alkyl halides is 3. The second kappa shape index (κ2) is 6.61. The third-order valence-electron chi connectivity index (χ3n) is 3.06. The zero-order valence-corrected chi connectivity index (χ0v) is 12.6. The van der Waals surface area contributed by atoms with Crippen LogP contribution in [0.25, 0.3) is 0 Å². The second-order valence-electron chi connectivity index (χ2n) is 4.92. The first-order valence-electron chi connectivity index (χ1n) is 6.77. The van der Waals surface area contributed by atoms with Gasteiger partial charge in [0.1, 0.15) is 11.5 Å². The molecule has 0 aliphatic rings. The van der Waals surface area contributed by atoms with Gasteiger partial charge in [0.05, 0.1) is 5.56 Å². The number of aryl methyl sites for hydroxylation is 1. The quantitative estimate of drug-likeness (QED) is 0.664. The lowest BCUT2D eigenvalue weighted by molar-refractivity contribution is -0.138. The highest BCUT2D eigenvalue weighted by atomic mass is 19.4. The minimum absolute atomic E-state index is 0.241. The fourth-order valence-electron chi connectivity index (χ4n) is 2.01. The smallest absolute Gasteiger partial charge is 0.420 e. The van der Waals surface area contributed by atoms with Crippen LogP contribution >= 0.6 is 0 Å². The molecule has 0 aliphatic carbocycles. The SMILES string of the molecule is Cc1cc(Oc2ccccc2)c(C(F)(F)F)cc1C(=O)N=C(N)N. The van der Waals surface area contributed by atoms with E-state index < -0.39 is 29.4 Å². The van der Waals surface area contributed by atoms with Crippen LogP contribution in [0.3, 0.4) is 0 Å². The predicted molar refractivity (Wildman–Crippen MR) is 82.8 cm³/mol. The van der Waals surface area contributed by atoms with Crippen molar-refractivity contribution in [2.45, 2.75) is 13.1 Å². The number of guanidine groups is 1. The summed E-state index contributed by atoms with van der Waals surface area (Å²) in [7, 11) is 0. The highest BCUT2D eigenvalue weighted by Crippen LogP contribution is 2.39. The Morgan fingerprint density at radius 2 is 1.75 bits per heavy atom. The lowest BCUT2D eigenvalue weighted by Crippen LogP contribution is -2.24. The van der Waals surface area contributed by atoms with Crippen LogP contribution in [0.15, 0.2) is 47.5 Å². The van der Waals surface area contributed by atoms with E-state index >= 15 is 0 Å². The van der Waals surface area contributed by atoms with E-state index in [1.54, 1.807) is 18.2 Å². The summed E-state index contributed by atoms with van der Waals surface area (Å²) < 4.78 is 45.3. The average Bonchev–Trinajstić information content (AvgIpc) is 2.46. The summed E-state index contributed by atoms with van der Waals surface area (Å²) in [6.45, 7) is 1.47. The van der Waals surface area contributed by atoms with Gasteiger partial charge in [-0.25, -0.2) is 0 Å². The lowest BCUT2D eigenvalue weighted by Gasteiger charge is -2.16. The van der Waals surface area contributed by atoms with Crippen molar-refractivity contribution >= 4 is 11.9 Å². The highest BCUT2D eigenvalue weighted by molar-refractivity contribution is 6.03. The normalized spacial score (nSPS) is 11.0. The highest BCUT2D eigenvalue weighted by Gasteiger charge is 2.36. The molecule has 0 spiro atoms. The first-order chi connectivity index (χ1) is 11.2. The number of ether oxygens (including phenoxy) is 1. The van der Waals surface area contributed by atoms with E-state index in [0.717, 1.165) is 6.07 Å².